The third-order valence-corrected chi connectivity index (χ3v) is 6.20. The van der Waals surface area contributed by atoms with E-state index in [1.165, 1.54) is 19.2 Å². The van der Waals surface area contributed by atoms with Crippen molar-refractivity contribution in [3.05, 3.63) is 84.4 Å². The lowest BCUT2D eigenvalue weighted by Crippen LogP contribution is -2.30. The fraction of sp³-hybridized carbons (Fsp3) is 0.208. The smallest absolute Gasteiger partial charge is 0.265 e. The minimum atomic E-state index is -3.64. The Morgan fingerprint density at radius 3 is 2.19 bits per heavy atom. The Hall–Kier alpha value is -3.36. The summed E-state index contributed by atoms with van der Waals surface area (Å²) in [7, 11) is -2.11. The zero-order chi connectivity index (χ0) is 23.0. The first-order valence-electron chi connectivity index (χ1n) is 10.1. The fourth-order valence-electron chi connectivity index (χ4n) is 2.98. The van der Waals surface area contributed by atoms with Crippen LogP contribution in [0.1, 0.15) is 12.5 Å². The lowest BCUT2D eigenvalue weighted by Gasteiger charge is -2.16. The summed E-state index contributed by atoms with van der Waals surface area (Å²) in [6.07, 6.45) is -0.187. The van der Waals surface area contributed by atoms with Crippen molar-refractivity contribution in [1.82, 2.24) is 4.72 Å². The molecule has 0 aliphatic heterocycles. The first-order chi connectivity index (χ1) is 15.4. The molecule has 3 aromatic carbocycles. The molecule has 3 aromatic rings. The Balaban J connectivity index is 1.55. The van der Waals surface area contributed by atoms with Crippen molar-refractivity contribution in [2.24, 2.45) is 0 Å². The molecule has 3 rings (SSSR count). The number of nitrogens with one attached hydrogen (secondary N) is 2. The van der Waals surface area contributed by atoms with E-state index in [1.54, 1.807) is 37.3 Å². The average Bonchev–Trinajstić information content (AvgIpc) is 2.80. The van der Waals surface area contributed by atoms with Crippen molar-refractivity contribution in [3.63, 3.8) is 0 Å². The number of hydrogen-bond acceptors (Lipinski definition) is 5. The molecule has 0 heterocycles. The van der Waals surface area contributed by atoms with Crippen molar-refractivity contribution in [1.29, 1.82) is 0 Å². The summed E-state index contributed by atoms with van der Waals surface area (Å²) in [5, 5.41) is 2.72. The largest absolute Gasteiger partial charge is 0.493 e. The highest BCUT2D eigenvalue weighted by Gasteiger charge is 2.18. The van der Waals surface area contributed by atoms with Gasteiger partial charge in [0.2, 0.25) is 10.0 Å². The van der Waals surface area contributed by atoms with Gasteiger partial charge in [0.25, 0.3) is 5.91 Å². The van der Waals surface area contributed by atoms with E-state index in [2.05, 4.69) is 10.0 Å². The van der Waals surface area contributed by atoms with Crippen molar-refractivity contribution >= 4 is 21.6 Å². The molecule has 8 heteroatoms. The predicted octanol–water partition coefficient (Wildman–Crippen LogP) is 3.62. The number of hydrogen-bond donors (Lipinski definition) is 2. The van der Waals surface area contributed by atoms with Crippen LogP contribution in [0.15, 0.2) is 83.8 Å². The van der Waals surface area contributed by atoms with E-state index in [0.29, 0.717) is 30.2 Å². The summed E-state index contributed by atoms with van der Waals surface area (Å²) < 4.78 is 38.5. The second-order valence-corrected chi connectivity index (χ2v) is 8.82. The summed E-state index contributed by atoms with van der Waals surface area (Å²) in [5.74, 6) is 0.620. The highest BCUT2D eigenvalue weighted by molar-refractivity contribution is 7.89. The molecule has 2 N–H and O–H groups in total. The third kappa shape index (κ3) is 6.32. The van der Waals surface area contributed by atoms with Gasteiger partial charge >= 0.3 is 0 Å². The lowest BCUT2D eigenvalue weighted by atomic mass is 10.2. The Bertz CT molecular complexity index is 1130. The zero-order valence-corrected chi connectivity index (χ0v) is 18.8. The highest BCUT2D eigenvalue weighted by Crippen LogP contribution is 2.27. The van der Waals surface area contributed by atoms with Gasteiger partial charge in [-0.05, 0) is 55.3 Å². The van der Waals surface area contributed by atoms with Gasteiger partial charge in [-0.2, -0.15) is 0 Å². The van der Waals surface area contributed by atoms with E-state index >= 15 is 0 Å². The zero-order valence-electron chi connectivity index (χ0n) is 17.9. The van der Waals surface area contributed by atoms with E-state index in [4.69, 9.17) is 9.47 Å². The number of carbonyl (C=O) groups is 1. The second kappa shape index (κ2) is 10.8. The van der Waals surface area contributed by atoms with Crippen LogP contribution in [0.4, 0.5) is 5.69 Å². The van der Waals surface area contributed by atoms with Crippen LogP contribution in [0.25, 0.3) is 0 Å². The number of methoxy groups -OCH3 is 1. The van der Waals surface area contributed by atoms with E-state index < -0.39 is 16.1 Å². The van der Waals surface area contributed by atoms with Crippen molar-refractivity contribution < 1.29 is 22.7 Å². The number of amides is 1. The maximum Gasteiger partial charge on any atom is 0.265 e. The van der Waals surface area contributed by atoms with Crippen molar-refractivity contribution in [3.8, 4) is 11.5 Å². The second-order valence-electron chi connectivity index (χ2n) is 7.06. The van der Waals surface area contributed by atoms with Crippen LogP contribution < -0.4 is 19.5 Å². The Morgan fingerprint density at radius 1 is 0.906 bits per heavy atom. The molecular weight excluding hydrogens is 428 g/mol. The monoisotopic (exact) mass is 454 g/mol. The van der Waals surface area contributed by atoms with Crippen molar-refractivity contribution in [2.45, 2.75) is 24.3 Å². The molecule has 0 spiro atoms. The van der Waals surface area contributed by atoms with Gasteiger partial charge in [0.1, 0.15) is 0 Å². The van der Waals surface area contributed by atoms with E-state index in [0.717, 1.165) is 5.56 Å². The van der Waals surface area contributed by atoms with Gasteiger partial charge in [-0.3, -0.25) is 4.79 Å². The fourth-order valence-corrected chi connectivity index (χ4v) is 4.01. The van der Waals surface area contributed by atoms with Gasteiger partial charge in [0.05, 0.1) is 12.0 Å². The molecule has 1 amide bonds. The maximum absolute atomic E-state index is 12.5. The third-order valence-electron chi connectivity index (χ3n) is 4.72. The van der Waals surface area contributed by atoms with Crippen LogP contribution in [0.2, 0.25) is 0 Å². The molecule has 0 fully saturated rings. The number of benzene rings is 3. The lowest BCUT2D eigenvalue weighted by molar-refractivity contribution is -0.122. The molecule has 0 saturated carbocycles. The Kier molecular flexibility index (Phi) is 7.86. The summed E-state index contributed by atoms with van der Waals surface area (Å²) in [5.41, 5.74) is 1.52. The van der Waals surface area contributed by atoms with Crippen LogP contribution in [0.3, 0.4) is 0 Å². The van der Waals surface area contributed by atoms with Gasteiger partial charge in [0, 0.05) is 12.2 Å². The topological polar surface area (TPSA) is 93.7 Å². The first-order valence-corrected chi connectivity index (χ1v) is 11.6. The molecule has 0 aliphatic rings. The number of sulfonamides is 1. The summed E-state index contributed by atoms with van der Waals surface area (Å²) >= 11 is 0. The quantitative estimate of drug-likeness (QED) is 0.488. The van der Waals surface area contributed by atoms with Crippen LogP contribution in [-0.2, 0) is 21.2 Å². The molecule has 0 aliphatic carbocycles. The number of carbonyl (C=O) groups excluding carboxylic acids is 1. The summed E-state index contributed by atoms with van der Waals surface area (Å²) in [4.78, 5) is 12.6. The SMILES string of the molecule is COc1ccccc1OC(C)C(=O)Nc1ccc(S(=O)(=O)NCCc2ccccc2)cc1. The van der Waals surface area contributed by atoms with Gasteiger partial charge in [0.15, 0.2) is 17.6 Å². The normalized spacial score (nSPS) is 12.1. The molecule has 0 radical (unpaired) electrons. The summed E-state index contributed by atoms with van der Waals surface area (Å²) in [6, 6.07) is 22.7. The summed E-state index contributed by atoms with van der Waals surface area (Å²) in [6.45, 7) is 1.92. The molecule has 7 nitrogen and oxygen atoms in total. The maximum atomic E-state index is 12.5. The van der Waals surface area contributed by atoms with Crippen LogP contribution in [0, 0.1) is 0 Å². The van der Waals surface area contributed by atoms with Crippen LogP contribution >= 0.6 is 0 Å². The number of rotatable bonds is 10. The minimum absolute atomic E-state index is 0.127. The van der Waals surface area contributed by atoms with Gasteiger partial charge in [-0.15, -0.1) is 0 Å². The van der Waals surface area contributed by atoms with Gasteiger partial charge < -0.3 is 14.8 Å². The van der Waals surface area contributed by atoms with E-state index in [1.807, 2.05) is 36.4 Å². The highest BCUT2D eigenvalue weighted by atomic mass is 32.2. The number of ether oxygens (including phenoxy) is 2. The molecule has 32 heavy (non-hydrogen) atoms. The number of anilines is 1. The molecular formula is C24H26N2O5S. The Morgan fingerprint density at radius 2 is 1.53 bits per heavy atom. The van der Waals surface area contributed by atoms with E-state index in [9.17, 15) is 13.2 Å². The van der Waals surface area contributed by atoms with E-state index in [-0.39, 0.29) is 10.8 Å². The molecule has 0 aromatic heterocycles. The molecule has 168 valence electrons. The van der Waals surface area contributed by atoms with Gasteiger partial charge in [-0.1, -0.05) is 42.5 Å². The average molecular weight is 455 g/mol. The minimum Gasteiger partial charge on any atom is -0.493 e. The molecule has 1 atom stereocenters. The molecule has 0 saturated heterocycles. The predicted molar refractivity (Wildman–Crippen MR) is 123 cm³/mol. The first kappa shape index (κ1) is 23.3. The number of para-hydroxylation sites is 2. The van der Waals surface area contributed by atoms with Crippen LogP contribution in [-0.4, -0.2) is 34.1 Å². The van der Waals surface area contributed by atoms with Gasteiger partial charge in [-0.25, -0.2) is 13.1 Å². The van der Waals surface area contributed by atoms with Crippen LogP contribution in [0.5, 0.6) is 11.5 Å². The van der Waals surface area contributed by atoms with Crippen molar-refractivity contribution in [2.75, 3.05) is 19.0 Å². The standard InChI is InChI=1S/C24H26N2O5S/c1-18(31-23-11-7-6-10-22(23)30-2)24(27)26-20-12-14-21(15-13-20)32(28,29)25-17-16-19-8-4-3-5-9-19/h3-15,18,25H,16-17H2,1-2H3,(H,26,27). The Labute approximate surface area is 188 Å². The molecule has 0 bridgehead atoms. The molecule has 1 unspecified atom stereocenters.